The molecule has 9 nitrogen and oxygen atoms in total. The molecule has 3 heterocycles. The topological polar surface area (TPSA) is 98.2 Å². The number of pyridine rings is 1. The van der Waals surface area contributed by atoms with E-state index in [4.69, 9.17) is 9.47 Å². The van der Waals surface area contributed by atoms with Crippen LogP contribution in [0.25, 0.3) is 10.9 Å². The molecule has 0 aliphatic carbocycles. The summed E-state index contributed by atoms with van der Waals surface area (Å²) in [6, 6.07) is 7.16. The van der Waals surface area contributed by atoms with Crippen molar-refractivity contribution in [1.29, 1.82) is 0 Å². The van der Waals surface area contributed by atoms with Crippen molar-refractivity contribution in [1.82, 2.24) is 30.1 Å². The van der Waals surface area contributed by atoms with Gasteiger partial charge < -0.3 is 14.5 Å². The van der Waals surface area contributed by atoms with Gasteiger partial charge in [0.25, 0.3) is 5.56 Å². The summed E-state index contributed by atoms with van der Waals surface area (Å²) in [6.45, 7) is 8.89. The van der Waals surface area contributed by atoms with Crippen molar-refractivity contribution in [3.63, 3.8) is 0 Å². The van der Waals surface area contributed by atoms with Crippen LogP contribution in [0.2, 0.25) is 0 Å². The van der Waals surface area contributed by atoms with E-state index < -0.39 is 0 Å². The first-order chi connectivity index (χ1) is 14.4. The third-order valence-corrected chi connectivity index (χ3v) is 5.96. The number of hydrogen-bond acceptors (Lipinski definition) is 7. The van der Waals surface area contributed by atoms with Crippen molar-refractivity contribution in [2.24, 2.45) is 0 Å². The van der Waals surface area contributed by atoms with Crippen LogP contribution in [-0.2, 0) is 10.3 Å². The predicted octanol–water partition coefficient (Wildman–Crippen LogP) is 2.09. The highest BCUT2D eigenvalue weighted by molar-refractivity contribution is 5.80. The van der Waals surface area contributed by atoms with E-state index >= 15 is 0 Å². The van der Waals surface area contributed by atoms with E-state index in [-0.39, 0.29) is 17.1 Å². The van der Waals surface area contributed by atoms with E-state index in [1.54, 1.807) is 7.11 Å². The van der Waals surface area contributed by atoms with Gasteiger partial charge in [-0.25, -0.2) is 4.68 Å². The van der Waals surface area contributed by atoms with Crippen LogP contribution in [0.15, 0.2) is 29.1 Å². The zero-order valence-corrected chi connectivity index (χ0v) is 17.9. The lowest BCUT2D eigenvalue weighted by atomic mass is 9.99. The van der Waals surface area contributed by atoms with Gasteiger partial charge in [0.15, 0.2) is 5.82 Å². The second kappa shape index (κ2) is 8.16. The van der Waals surface area contributed by atoms with Crippen LogP contribution in [0.4, 0.5) is 0 Å². The standard InChI is InChI=1S/C21H28N6O3/c1-5-21(2,3)27-19(23-24-25-27)18(26-8-10-30-11-9-26)16-13-14-12-15(29-4)6-7-17(14)22-20(16)28/h6-7,12-13,18H,5,8-11H2,1-4H3,(H,22,28). The minimum Gasteiger partial charge on any atom is -0.497 e. The van der Waals surface area contributed by atoms with Crippen LogP contribution in [0.5, 0.6) is 5.75 Å². The van der Waals surface area contributed by atoms with E-state index in [0.29, 0.717) is 37.7 Å². The Morgan fingerprint density at radius 1 is 1.27 bits per heavy atom. The molecule has 1 aliphatic rings. The number of ether oxygens (including phenoxy) is 2. The summed E-state index contributed by atoms with van der Waals surface area (Å²) >= 11 is 0. The van der Waals surface area contributed by atoms with Crippen LogP contribution in [0, 0.1) is 0 Å². The molecule has 1 aliphatic heterocycles. The number of nitrogens with zero attached hydrogens (tertiary/aromatic N) is 5. The number of fused-ring (bicyclic) bond motifs is 1. The average molecular weight is 412 g/mol. The van der Waals surface area contributed by atoms with Crippen molar-refractivity contribution in [2.75, 3.05) is 33.4 Å². The molecule has 1 saturated heterocycles. The van der Waals surface area contributed by atoms with Crippen LogP contribution in [-0.4, -0.2) is 63.5 Å². The largest absolute Gasteiger partial charge is 0.497 e. The first-order valence-corrected chi connectivity index (χ1v) is 10.3. The molecule has 1 unspecified atom stereocenters. The first-order valence-electron chi connectivity index (χ1n) is 10.3. The molecular formula is C21H28N6O3. The summed E-state index contributed by atoms with van der Waals surface area (Å²) < 4.78 is 12.8. The van der Waals surface area contributed by atoms with Crippen molar-refractivity contribution in [2.45, 2.75) is 38.8 Å². The number of benzene rings is 1. The maximum Gasteiger partial charge on any atom is 0.253 e. The molecule has 30 heavy (non-hydrogen) atoms. The molecule has 160 valence electrons. The SMILES string of the molecule is CCC(C)(C)n1nnnc1C(c1cc2cc(OC)ccc2[nH]c1=O)N1CCOCC1. The van der Waals surface area contributed by atoms with Gasteiger partial charge in [0.2, 0.25) is 0 Å². The summed E-state index contributed by atoms with van der Waals surface area (Å²) in [6.07, 6.45) is 0.853. The Morgan fingerprint density at radius 3 is 2.73 bits per heavy atom. The number of aromatic nitrogens is 5. The Bertz CT molecular complexity index is 1080. The summed E-state index contributed by atoms with van der Waals surface area (Å²) in [5.41, 5.74) is 0.948. The number of methoxy groups -OCH3 is 1. The Balaban J connectivity index is 1.90. The molecular weight excluding hydrogens is 384 g/mol. The number of morpholine rings is 1. The highest BCUT2D eigenvalue weighted by Gasteiger charge is 2.34. The lowest BCUT2D eigenvalue weighted by Crippen LogP contribution is -2.43. The Morgan fingerprint density at radius 2 is 2.03 bits per heavy atom. The third-order valence-electron chi connectivity index (χ3n) is 5.96. The normalized spacial score (nSPS) is 16.7. The van der Waals surface area contributed by atoms with Gasteiger partial charge in [0, 0.05) is 29.6 Å². The van der Waals surface area contributed by atoms with Crippen LogP contribution in [0.1, 0.15) is 44.6 Å². The minimum atomic E-state index is -0.380. The maximum atomic E-state index is 13.2. The fourth-order valence-corrected chi connectivity index (χ4v) is 3.81. The molecule has 0 saturated carbocycles. The summed E-state index contributed by atoms with van der Waals surface area (Å²) in [5.74, 6) is 1.40. The maximum absolute atomic E-state index is 13.2. The zero-order chi connectivity index (χ0) is 21.3. The number of nitrogens with one attached hydrogen (secondary N) is 1. The third kappa shape index (κ3) is 3.70. The lowest BCUT2D eigenvalue weighted by molar-refractivity contribution is 0.0204. The number of tetrazole rings is 1. The molecule has 1 fully saturated rings. The highest BCUT2D eigenvalue weighted by Crippen LogP contribution is 2.31. The number of H-pyrrole nitrogens is 1. The van der Waals surface area contributed by atoms with Gasteiger partial charge in [-0.1, -0.05) is 6.92 Å². The molecule has 0 bridgehead atoms. The number of aromatic amines is 1. The number of hydrogen-bond donors (Lipinski definition) is 1. The molecule has 1 aromatic carbocycles. The van der Waals surface area contributed by atoms with Gasteiger partial charge in [0.1, 0.15) is 11.8 Å². The molecule has 0 spiro atoms. The quantitative estimate of drug-likeness (QED) is 0.662. The summed E-state index contributed by atoms with van der Waals surface area (Å²) in [7, 11) is 1.63. The van der Waals surface area contributed by atoms with Crippen LogP contribution in [0.3, 0.4) is 0 Å². The fraction of sp³-hybridized carbons (Fsp3) is 0.524. The van der Waals surface area contributed by atoms with Crippen molar-refractivity contribution >= 4 is 10.9 Å². The van der Waals surface area contributed by atoms with Gasteiger partial charge in [0.05, 0.1) is 25.9 Å². The van der Waals surface area contributed by atoms with Gasteiger partial charge in [-0.05, 0) is 55.0 Å². The van der Waals surface area contributed by atoms with E-state index in [2.05, 4.69) is 46.2 Å². The van der Waals surface area contributed by atoms with Gasteiger partial charge in [-0.2, -0.15) is 0 Å². The Hall–Kier alpha value is -2.78. The molecule has 1 atom stereocenters. The minimum absolute atomic E-state index is 0.145. The van der Waals surface area contributed by atoms with Crippen molar-refractivity contribution in [3.05, 3.63) is 46.0 Å². The molecule has 9 heteroatoms. The van der Waals surface area contributed by atoms with E-state index in [1.165, 1.54) is 0 Å². The molecule has 0 amide bonds. The average Bonchev–Trinajstić information content (AvgIpc) is 3.25. The fourth-order valence-electron chi connectivity index (χ4n) is 3.81. The molecule has 0 radical (unpaired) electrons. The highest BCUT2D eigenvalue weighted by atomic mass is 16.5. The molecule has 4 rings (SSSR count). The van der Waals surface area contributed by atoms with Gasteiger partial charge in [-0.15, -0.1) is 5.10 Å². The Kier molecular flexibility index (Phi) is 5.57. The lowest BCUT2D eigenvalue weighted by Gasteiger charge is -2.35. The van der Waals surface area contributed by atoms with Crippen LogP contribution < -0.4 is 10.3 Å². The van der Waals surface area contributed by atoms with Gasteiger partial charge >= 0.3 is 0 Å². The molecule has 1 N–H and O–H groups in total. The van der Waals surface area contributed by atoms with Crippen molar-refractivity contribution in [3.8, 4) is 5.75 Å². The predicted molar refractivity (Wildman–Crippen MR) is 113 cm³/mol. The van der Waals surface area contributed by atoms with E-state index in [9.17, 15) is 4.79 Å². The first kappa shape index (κ1) is 20.5. The van der Waals surface area contributed by atoms with E-state index in [1.807, 2.05) is 28.9 Å². The van der Waals surface area contributed by atoms with Gasteiger partial charge in [-0.3, -0.25) is 9.69 Å². The smallest absolute Gasteiger partial charge is 0.253 e. The van der Waals surface area contributed by atoms with Crippen molar-refractivity contribution < 1.29 is 9.47 Å². The zero-order valence-electron chi connectivity index (χ0n) is 17.9. The second-order valence-corrected chi connectivity index (χ2v) is 8.17. The summed E-state index contributed by atoms with van der Waals surface area (Å²) in [5, 5.41) is 13.5. The molecule has 3 aromatic rings. The van der Waals surface area contributed by atoms with Crippen LogP contribution >= 0.6 is 0 Å². The second-order valence-electron chi connectivity index (χ2n) is 8.17. The van der Waals surface area contributed by atoms with E-state index in [0.717, 1.165) is 23.1 Å². The monoisotopic (exact) mass is 412 g/mol. The summed E-state index contributed by atoms with van der Waals surface area (Å²) in [4.78, 5) is 18.4. The number of rotatable bonds is 6. The molecule has 2 aromatic heterocycles. The Labute approximate surface area is 175 Å².